The van der Waals surface area contributed by atoms with Crippen molar-refractivity contribution in [1.29, 1.82) is 5.26 Å². The van der Waals surface area contributed by atoms with E-state index in [-0.39, 0.29) is 0 Å². The number of piperazine rings is 1. The van der Waals surface area contributed by atoms with Gasteiger partial charge in [0.25, 0.3) is 0 Å². The van der Waals surface area contributed by atoms with Gasteiger partial charge in [0.1, 0.15) is 24.3 Å². The number of anilines is 1. The van der Waals surface area contributed by atoms with Crippen LogP contribution in [-0.4, -0.2) is 53.6 Å². The Morgan fingerprint density at radius 1 is 1.26 bits per heavy atom. The number of benzene rings is 1. The van der Waals surface area contributed by atoms with Crippen molar-refractivity contribution in [1.82, 2.24) is 14.3 Å². The van der Waals surface area contributed by atoms with Crippen LogP contribution in [0.3, 0.4) is 0 Å². The van der Waals surface area contributed by atoms with Crippen molar-refractivity contribution in [3.63, 3.8) is 0 Å². The molecule has 1 aromatic heterocycles. The van der Waals surface area contributed by atoms with Crippen molar-refractivity contribution in [2.24, 2.45) is 0 Å². The molecule has 1 aliphatic heterocycles. The molecule has 1 aromatic carbocycles. The summed E-state index contributed by atoms with van der Waals surface area (Å²) in [5.74, 6) is 1.51. The van der Waals surface area contributed by atoms with Gasteiger partial charge in [0.05, 0.1) is 5.56 Å². The molecule has 2 aromatic rings. The van der Waals surface area contributed by atoms with Crippen LogP contribution < -0.4 is 9.64 Å². The van der Waals surface area contributed by atoms with E-state index in [4.69, 9.17) is 10.00 Å². The lowest BCUT2D eigenvalue weighted by atomic mass is 10.2. The molecule has 6 nitrogen and oxygen atoms in total. The summed E-state index contributed by atoms with van der Waals surface area (Å²) in [6.07, 6.45) is 0. The van der Waals surface area contributed by atoms with Gasteiger partial charge in [-0.05, 0) is 19.1 Å². The molecule has 23 heavy (non-hydrogen) atoms. The molecule has 7 heteroatoms. The second-order valence-electron chi connectivity index (χ2n) is 5.41. The minimum atomic E-state index is 0.587. The van der Waals surface area contributed by atoms with Crippen LogP contribution in [0.4, 0.5) is 5.13 Å². The zero-order valence-corrected chi connectivity index (χ0v) is 13.9. The normalized spacial score (nSPS) is 15.4. The van der Waals surface area contributed by atoms with E-state index in [2.05, 4.69) is 25.2 Å². The summed E-state index contributed by atoms with van der Waals surface area (Å²) >= 11 is 1.47. The standard InChI is InChI=1S/C16H19N5OS/c1-13-18-16(23-19-13)21-8-6-20(7-9-21)10-11-22-15-5-3-2-4-14(15)12-17/h2-5H,6-11H2,1H3. The van der Waals surface area contributed by atoms with Crippen LogP contribution in [0.25, 0.3) is 0 Å². The van der Waals surface area contributed by atoms with Crippen molar-refractivity contribution >= 4 is 16.7 Å². The third-order valence-electron chi connectivity index (χ3n) is 3.83. The first-order chi connectivity index (χ1) is 11.3. The minimum absolute atomic E-state index is 0.587. The number of hydrogen-bond donors (Lipinski definition) is 0. The Morgan fingerprint density at radius 2 is 2.04 bits per heavy atom. The van der Waals surface area contributed by atoms with Crippen molar-refractivity contribution in [3.8, 4) is 11.8 Å². The zero-order valence-electron chi connectivity index (χ0n) is 13.1. The summed E-state index contributed by atoms with van der Waals surface area (Å²) in [5, 5.41) is 10.1. The van der Waals surface area contributed by atoms with E-state index in [1.165, 1.54) is 11.5 Å². The summed E-state index contributed by atoms with van der Waals surface area (Å²) in [6, 6.07) is 9.51. The molecule has 0 spiro atoms. The van der Waals surface area contributed by atoms with E-state index in [0.717, 1.165) is 43.7 Å². The van der Waals surface area contributed by atoms with E-state index in [0.29, 0.717) is 17.9 Å². The number of aryl methyl sites for hydroxylation is 1. The fourth-order valence-electron chi connectivity index (χ4n) is 2.55. The Morgan fingerprint density at radius 3 is 2.74 bits per heavy atom. The molecule has 0 aliphatic carbocycles. The Labute approximate surface area is 140 Å². The molecule has 1 fully saturated rings. The largest absolute Gasteiger partial charge is 0.491 e. The van der Waals surface area contributed by atoms with Gasteiger partial charge in [0.15, 0.2) is 0 Å². The van der Waals surface area contributed by atoms with Gasteiger partial charge in [-0.15, -0.1) is 0 Å². The van der Waals surface area contributed by atoms with E-state index in [9.17, 15) is 0 Å². The van der Waals surface area contributed by atoms with Gasteiger partial charge in [0.2, 0.25) is 5.13 Å². The van der Waals surface area contributed by atoms with Gasteiger partial charge in [-0.3, -0.25) is 4.90 Å². The molecule has 0 atom stereocenters. The van der Waals surface area contributed by atoms with Crippen LogP contribution >= 0.6 is 11.5 Å². The van der Waals surface area contributed by atoms with Crippen LogP contribution in [0, 0.1) is 18.3 Å². The number of para-hydroxylation sites is 1. The zero-order chi connectivity index (χ0) is 16.1. The topological polar surface area (TPSA) is 65.3 Å². The van der Waals surface area contributed by atoms with Crippen molar-refractivity contribution < 1.29 is 4.74 Å². The summed E-state index contributed by atoms with van der Waals surface area (Å²) in [5.41, 5.74) is 0.587. The second kappa shape index (κ2) is 7.40. The lowest BCUT2D eigenvalue weighted by Gasteiger charge is -2.34. The van der Waals surface area contributed by atoms with Crippen LogP contribution in [0.1, 0.15) is 11.4 Å². The molecular weight excluding hydrogens is 310 g/mol. The fraction of sp³-hybridized carbons (Fsp3) is 0.438. The Hall–Kier alpha value is -2.17. The maximum Gasteiger partial charge on any atom is 0.205 e. The predicted molar refractivity (Wildman–Crippen MR) is 90.0 cm³/mol. The second-order valence-corrected chi connectivity index (χ2v) is 6.14. The van der Waals surface area contributed by atoms with Crippen LogP contribution in [0.2, 0.25) is 0 Å². The molecule has 2 heterocycles. The SMILES string of the molecule is Cc1nsc(N2CCN(CCOc3ccccc3C#N)CC2)n1. The highest BCUT2D eigenvalue weighted by Gasteiger charge is 2.19. The first-order valence-electron chi connectivity index (χ1n) is 7.66. The molecule has 120 valence electrons. The minimum Gasteiger partial charge on any atom is -0.491 e. The van der Waals surface area contributed by atoms with E-state index in [1.54, 1.807) is 6.07 Å². The maximum atomic E-state index is 9.05. The van der Waals surface area contributed by atoms with Gasteiger partial charge in [-0.25, -0.2) is 4.98 Å². The van der Waals surface area contributed by atoms with Gasteiger partial charge >= 0.3 is 0 Å². The summed E-state index contributed by atoms with van der Waals surface area (Å²) < 4.78 is 9.99. The van der Waals surface area contributed by atoms with Crippen LogP contribution in [0.5, 0.6) is 5.75 Å². The van der Waals surface area contributed by atoms with Crippen LogP contribution in [-0.2, 0) is 0 Å². The predicted octanol–water partition coefficient (Wildman–Crippen LogP) is 1.92. The van der Waals surface area contributed by atoms with Gasteiger partial charge in [-0.2, -0.15) is 9.64 Å². The van der Waals surface area contributed by atoms with Crippen molar-refractivity contribution in [2.75, 3.05) is 44.2 Å². The highest BCUT2D eigenvalue weighted by Crippen LogP contribution is 2.19. The smallest absolute Gasteiger partial charge is 0.205 e. The van der Waals surface area contributed by atoms with E-state index < -0.39 is 0 Å². The lowest BCUT2D eigenvalue weighted by Crippen LogP contribution is -2.47. The van der Waals surface area contributed by atoms with E-state index >= 15 is 0 Å². The Bertz CT molecular complexity index is 688. The number of nitriles is 1. The molecule has 3 rings (SSSR count). The van der Waals surface area contributed by atoms with Crippen molar-refractivity contribution in [3.05, 3.63) is 35.7 Å². The molecule has 0 unspecified atom stereocenters. The Kier molecular flexibility index (Phi) is 5.05. The molecule has 0 amide bonds. The summed E-state index contributed by atoms with van der Waals surface area (Å²) in [6.45, 7) is 7.28. The highest BCUT2D eigenvalue weighted by atomic mass is 32.1. The average molecular weight is 329 g/mol. The number of hydrogen-bond acceptors (Lipinski definition) is 7. The van der Waals surface area contributed by atoms with Gasteiger partial charge < -0.3 is 9.64 Å². The van der Waals surface area contributed by atoms with Gasteiger partial charge in [-0.1, -0.05) is 12.1 Å². The van der Waals surface area contributed by atoms with Gasteiger partial charge in [0, 0.05) is 44.3 Å². The van der Waals surface area contributed by atoms with E-state index in [1.807, 2.05) is 25.1 Å². The average Bonchev–Trinajstić information content (AvgIpc) is 3.02. The molecule has 0 N–H and O–H groups in total. The van der Waals surface area contributed by atoms with Crippen LogP contribution in [0.15, 0.2) is 24.3 Å². The first-order valence-corrected chi connectivity index (χ1v) is 8.43. The molecular formula is C16H19N5OS. The number of nitrogens with zero attached hydrogens (tertiary/aromatic N) is 5. The quantitative estimate of drug-likeness (QED) is 0.835. The number of ether oxygens (including phenoxy) is 1. The first kappa shape index (κ1) is 15.7. The lowest BCUT2D eigenvalue weighted by molar-refractivity contribution is 0.200. The molecule has 0 radical (unpaired) electrons. The molecule has 0 saturated carbocycles. The monoisotopic (exact) mass is 329 g/mol. The fourth-order valence-corrected chi connectivity index (χ4v) is 3.27. The highest BCUT2D eigenvalue weighted by molar-refractivity contribution is 7.09. The molecule has 1 aliphatic rings. The van der Waals surface area contributed by atoms with Crippen molar-refractivity contribution in [2.45, 2.75) is 6.92 Å². The molecule has 0 bridgehead atoms. The number of aromatic nitrogens is 2. The third-order valence-corrected chi connectivity index (χ3v) is 4.70. The number of rotatable bonds is 5. The Balaban J connectivity index is 1.44. The maximum absolute atomic E-state index is 9.05. The third kappa shape index (κ3) is 3.97. The summed E-state index contributed by atoms with van der Waals surface area (Å²) in [7, 11) is 0. The molecule has 1 saturated heterocycles. The summed E-state index contributed by atoms with van der Waals surface area (Å²) in [4.78, 5) is 9.10.